The number of carboxylic acids is 1. The maximum Gasteiger partial charge on any atom is 0.324 e. The second-order valence-electron chi connectivity index (χ2n) is 5.29. The number of piperidine rings is 1. The van der Waals surface area contributed by atoms with E-state index in [4.69, 9.17) is 4.74 Å². The molecule has 0 spiro atoms. The first-order chi connectivity index (χ1) is 8.19. The van der Waals surface area contributed by atoms with Gasteiger partial charge in [0.25, 0.3) is 0 Å². The Bertz CT molecular complexity index is 266. The lowest BCUT2D eigenvalue weighted by Crippen LogP contribution is -2.59. The van der Waals surface area contributed by atoms with Gasteiger partial charge in [0.15, 0.2) is 0 Å². The molecule has 4 heteroatoms. The second kappa shape index (κ2) is 5.36. The molecule has 98 valence electrons. The Hall–Kier alpha value is -0.610. The summed E-state index contributed by atoms with van der Waals surface area (Å²) in [6, 6.07) is 0. The van der Waals surface area contributed by atoms with Crippen molar-refractivity contribution in [1.82, 2.24) is 4.90 Å². The SMILES string of the molecule is CCC1CCN(C2(C(=O)O)CCOCC2)CC1. The van der Waals surface area contributed by atoms with Crippen LogP contribution < -0.4 is 0 Å². The van der Waals surface area contributed by atoms with E-state index in [1.54, 1.807) is 0 Å². The van der Waals surface area contributed by atoms with Gasteiger partial charge < -0.3 is 9.84 Å². The van der Waals surface area contributed by atoms with Crippen LogP contribution in [0.2, 0.25) is 0 Å². The molecule has 0 saturated carbocycles. The smallest absolute Gasteiger partial charge is 0.324 e. The molecule has 0 aromatic carbocycles. The van der Waals surface area contributed by atoms with Crippen LogP contribution in [0.15, 0.2) is 0 Å². The molecule has 0 aromatic rings. The van der Waals surface area contributed by atoms with Crippen LogP contribution in [0.25, 0.3) is 0 Å². The number of carbonyl (C=O) groups is 1. The zero-order valence-electron chi connectivity index (χ0n) is 10.7. The van der Waals surface area contributed by atoms with Crippen LogP contribution >= 0.6 is 0 Å². The summed E-state index contributed by atoms with van der Waals surface area (Å²) >= 11 is 0. The van der Waals surface area contributed by atoms with E-state index in [1.807, 2.05) is 0 Å². The van der Waals surface area contributed by atoms with Crippen molar-refractivity contribution < 1.29 is 14.6 Å². The molecule has 2 rings (SSSR count). The number of nitrogens with zero attached hydrogens (tertiary/aromatic N) is 1. The lowest BCUT2D eigenvalue weighted by Gasteiger charge is -2.46. The van der Waals surface area contributed by atoms with Crippen molar-refractivity contribution in [2.75, 3.05) is 26.3 Å². The average molecular weight is 241 g/mol. The van der Waals surface area contributed by atoms with Gasteiger partial charge >= 0.3 is 5.97 Å². The lowest BCUT2D eigenvalue weighted by atomic mass is 9.84. The predicted octanol–water partition coefficient (Wildman–Crippen LogP) is 1.74. The summed E-state index contributed by atoms with van der Waals surface area (Å²) in [7, 11) is 0. The quantitative estimate of drug-likeness (QED) is 0.817. The van der Waals surface area contributed by atoms with Crippen LogP contribution in [0.5, 0.6) is 0 Å². The first-order valence-electron chi connectivity index (χ1n) is 6.75. The third kappa shape index (κ3) is 2.47. The number of rotatable bonds is 3. The maximum atomic E-state index is 11.6. The van der Waals surface area contributed by atoms with E-state index >= 15 is 0 Å². The van der Waals surface area contributed by atoms with E-state index < -0.39 is 11.5 Å². The van der Waals surface area contributed by atoms with E-state index in [2.05, 4.69) is 11.8 Å². The van der Waals surface area contributed by atoms with Crippen molar-refractivity contribution in [3.8, 4) is 0 Å². The molecule has 1 N–H and O–H groups in total. The molecule has 0 amide bonds. The zero-order chi connectivity index (χ0) is 12.3. The number of ether oxygens (including phenoxy) is 1. The highest BCUT2D eigenvalue weighted by Gasteiger charge is 2.46. The van der Waals surface area contributed by atoms with Crippen molar-refractivity contribution >= 4 is 5.97 Å². The van der Waals surface area contributed by atoms with Crippen LogP contribution in [0, 0.1) is 5.92 Å². The number of aliphatic carboxylic acids is 1. The van der Waals surface area contributed by atoms with Crippen LogP contribution in [-0.2, 0) is 9.53 Å². The Labute approximate surface area is 103 Å². The van der Waals surface area contributed by atoms with Crippen molar-refractivity contribution in [3.63, 3.8) is 0 Å². The molecule has 0 unspecified atom stereocenters. The highest BCUT2D eigenvalue weighted by molar-refractivity contribution is 5.79. The fourth-order valence-electron chi connectivity index (χ4n) is 3.14. The molecule has 0 aliphatic carbocycles. The topological polar surface area (TPSA) is 49.8 Å². The van der Waals surface area contributed by atoms with Crippen LogP contribution in [0.3, 0.4) is 0 Å². The Morgan fingerprint density at radius 2 is 1.94 bits per heavy atom. The molecule has 0 bridgehead atoms. The largest absolute Gasteiger partial charge is 0.480 e. The van der Waals surface area contributed by atoms with Gasteiger partial charge in [-0.2, -0.15) is 0 Å². The molecule has 2 saturated heterocycles. The third-order valence-electron chi connectivity index (χ3n) is 4.52. The fourth-order valence-corrected chi connectivity index (χ4v) is 3.14. The molecule has 2 fully saturated rings. The second-order valence-corrected chi connectivity index (χ2v) is 5.29. The van der Waals surface area contributed by atoms with E-state index in [0.29, 0.717) is 26.1 Å². The standard InChI is InChI=1S/C13H23NO3/c1-2-11-3-7-14(8-4-11)13(12(15)16)5-9-17-10-6-13/h11H,2-10H2,1H3,(H,15,16). The van der Waals surface area contributed by atoms with E-state index in [1.165, 1.54) is 6.42 Å². The summed E-state index contributed by atoms with van der Waals surface area (Å²) < 4.78 is 5.32. The van der Waals surface area contributed by atoms with E-state index in [9.17, 15) is 9.90 Å². The summed E-state index contributed by atoms with van der Waals surface area (Å²) in [6.07, 6.45) is 4.79. The minimum Gasteiger partial charge on any atom is -0.480 e. The van der Waals surface area contributed by atoms with Crippen molar-refractivity contribution in [2.24, 2.45) is 5.92 Å². The van der Waals surface area contributed by atoms with Gasteiger partial charge in [0, 0.05) is 13.2 Å². The number of likely N-dealkylation sites (tertiary alicyclic amines) is 1. The van der Waals surface area contributed by atoms with E-state index in [0.717, 1.165) is 31.8 Å². The number of carboxylic acid groups (broad SMARTS) is 1. The summed E-state index contributed by atoms with van der Waals surface area (Å²) in [6.45, 7) is 5.26. The minimum absolute atomic E-state index is 0.583. The van der Waals surface area contributed by atoms with Gasteiger partial charge in [-0.15, -0.1) is 0 Å². The third-order valence-corrected chi connectivity index (χ3v) is 4.52. The molecule has 17 heavy (non-hydrogen) atoms. The van der Waals surface area contributed by atoms with E-state index in [-0.39, 0.29) is 0 Å². The molecule has 2 aliphatic rings. The van der Waals surface area contributed by atoms with Gasteiger partial charge in [0.1, 0.15) is 5.54 Å². The fraction of sp³-hybridized carbons (Fsp3) is 0.923. The number of hydrogen-bond acceptors (Lipinski definition) is 3. The van der Waals surface area contributed by atoms with Gasteiger partial charge in [-0.05, 0) is 44.7 Å². The van der Waals surface area contributed by atoms with Crippen molar-refractivity contribution in [1.29, 1.82) is 0 Å². The van der Waals surface area contributed by atoms with Crippen LogP contribution in [0.1, 0.15) is 39.0 Å². The van der Waals surface area contributed by atoms with Crippen LogP contribution in [0.4, 0.5) is 0 Å². The molecular formula is C13H23NO3. The zero-order valence-corrected chi connectivity index (χ0v) is 10.7. The predicted molar refractivity (Wildman–Crippen MR) is 65.0 cm³/mol. The monoisotopic (exact) mass is 241 g/mol. The summed E-state index contributed by atoms with van der Waals surface area (Å²) in [5.41, 5.74) is -0.642. The van der Waals surface area contributed by atoms with Gasteiger partial charge in [-0.1, -0.05) is 13.3 Å². The Balaban J connectivity index is 2.04. The summed E-state index contributed by atoms with van der Waals surface area (Å²) in [5, 5.41) is 9.57. The average Bonchev–Trinajstić information content (AvgIpc) is 2.39. The molecule has 4 nitrogen and oxygen atoms in total. The molecule has 0 aromatic heterocycles. The molecule has 0 radical (unpaired) electrons. The highest BCUT2D eigenvalue weighted by Crippen LogP contribution is 2.33. The molecule has 2 heterocycles. The first kappa shape index (κ1) is 12.8. The normalized spacial score (nSPS) is 26.9. The Morgan fingerprint density at radius 3 is 2.41 bits per heavy atom. The van der Waals surface area contributed by atoms with Gasteiger partial charge in [0.2, 0.25) is 0 Å². The van der Waals surface area contributed by atoms with Gasteiger partial charge in [-0.3, -0.25) is 9.69 Å². The lowest BCUT2D eigenvalue weighted by molar-refractivity contribution is -0.160. The summed E-state index contributed by atoms with van der Waals surface area (Å²) in [5.74, 6) is 0.132. The molecule has 0 atom stereocenters. The van der Waals surface area contributed by atoms with Gasteiger partial charge in [-0.25, -0.2) is 0 Å². The van der Waals surface area contributed by atoms with Gasteiger partial charge in [0.05, 0.1) is 0 Å². The first-order valence-corrected chi connectivity index (χ1v) is 6.75. The maximum absolute atomic E-state index is 11.6. The highest BCUT2D eigenvalue weighted by atomic mass is 16.5. The Kier molecular flexibility index (Phi) is 4.05. The Morgan fingerprint density at radius 1 is 1.35 bits per heavy atom. The summed E-state index contributed by atoms with van der Waals surface area (Å²) in [4.78, 5) is 13.8. The van der Waals surface area contributed by atoms with Crippen LogP contribution in [-0.4, -0.2) is 47.8 Å². The minimum atomic E-state index is -0.657. The molecular weight excluding hydrogens is 218 g/mol. The van der Waals surface area contributed by atoms with Crippen molar-refractivity contribution in [3.05, 3.63) is 0 Å². The molecule has 2 aliphatic heterocycles. The number of hydrogen-bond donors (Lipinski definition) is 1. The van der Waals surface area contributed by atoms with Crippen molar-refractivity contribution in [2.45, 2.75) is 44.6 Å².